The van der Waals surface area contributed by atoms with Gasteiger partial charge in [0.2, 0.25) is 0 Å². The van der Waals surface area contributed by atoms with Crippen molar-refractivity contribution >= 4 is 0 Å². The lowest BCUT2D eigenvalue weighted by molar-refractivity contribution is -0.348. The average Bonchev–Trinajstić information content (AvgIpc) is 3.63. The molecule has 0 aromatic rings. The fourth-order valence-corrected chi connectivity index (χ4v) is 14.1. The van der Waals surface area contributed by atoms with Gasteiger partial charge in [-0.3, -0.25) is 0 Å². The SMILES string of the molecule is CC(C)=CCCC(C)(OC1OC(COC2OC(C)C(O)C(O)C2O)C(O)C(O)C1O)C1CCC2(C)C1C(O)CC1C3CCC(OC4OC(CO)C(O)C(O)C4O)C(C)(C)C3CCC12C. The summed E-state index contributed by atoms with van der Waals surface area (Å²) in [6, 6.07) is 0. The summed E-state index contributed by atoms with van der Waals surface area (Å²) in [5.74, 6) is 0.358. The van der Waals surface area contributed by atoms with Crippen LogP contribution in [0.3, 0.4) is 0 Å². The number of aliphatic hydroxyl groups is 11. The van der Waals surface area contributed by atoms with Gasteiger partial charge in [-0.15, -0.1) is 0 Å². The van der Waals surface area contributed by atoms with Crippen molar-refractivity contribution in [1.29, 1.82) is 0 Å². The zero-order chi connectivity index (χ0) is 47.0. The fourth-order valence-electron chi connectivity index (χ4n) is 14.1. The van der Waals surface area contributed by atoms with Crippen LogP contribution in [0.2, 0.25) is 0 Å². The number of hydrogen-bond acceptors (Lipinski definition) is 17. The van der Waals surface area contributed by atoms with E-state index in [-0.39, 0.29) is 51.9 Å². The maximum atomic E-state index is 12.6. The zero-order valence-corrected chi connectivity index (χ0v) is 38.9. The molecule has 3 heterocycles. The summed E-state index contributed by atoms with van der Waals surface area (Å²) in [5, 5.41) is 119. The van der Waals surface area contributed by atoms with Crippen LogP contribution >= 0.6 is 0 Å². The third-order valence-corrected chi connectivity index (χ3v) is 18.1. The van der Waals surface area contributed by atoms with Gasteiger partial charge in [-0.1, -0.05) is 39.3 Å². The molecular formula is C47H80O17. The first-order valence-corrected chi connectivity index (χ1v) is 23.9. The van der Waals surface area contributed by atoms with Crippen LogP contribution in [0.5, 0.6) is 0 Å². The van der Waals surface area contributed by atoms with Gasteiger partial charge in [0.15, 0.2) is 18.9 Å². The Hall–Kier alpha value is -0.940. The molecule has 0 radical (unpaired) electrons. The van der Waals surface area contributed by atoms with Crippen LogP contribution in [0.15, 0.2) is 11.6 Å². The molecule has 0 bridgehead atoms. The lowest BCUT2D eigenvalue weighted by atomic mass is 9.39. The van der Waals surface area contributed by atoms with Crippen molar-refractivity contribution in [1.82, 2.24) is 0 Å². The summed E-state index contributed by atoms with van der Waals surface area (Å²) in [4.78, 5) is 0. The number of hydrogen-bond donors (Lipinski definition) is 11. The van der Waals surface area contributed by atoms with E-state index in [0.717, 1.165) is 37.7 Å². The molecule has 17 heteroatoms. The van der Waals surface area contributed by atoms with Crippen LogP contribution in [0.4, 0.5) is 0 Å². The molecule has 4 saturated carbocycles. The van der Waals surface area contributed by atoms with Crippen LogP contribution in [0.25, 0.3) is 0 Å². The molecule has 25 atom stereocenters. The van der Waals surface area contributed by atoms with E-state index in [1.54, 1.807) is 0 Å². The molecule has 370 valence electrons. The molecular weight excluding hydrogens is 836 g/mol. The maximum absolute atomic E-state index is 12.6. The van der Waals surface area contributed by atoms with E-state index in [4.69, 9.17) is 28.4 Å². The second-order valence-corrected chi connectivity index (χ2v) is 22.2. The van der Waals surface area contributed by atoms with Crippen molar-refractivity contribution in [2.45, 2.75) is 223 Å². The molecule has 4 aliphatic carbocycles. The third-order valence-electron chi connectivity index (χ3n) is 18.1. The molecule has 11 N–H and O–H groups in total. The van der Waals surface area contributed by atoms with E-state index in [0.29, 0.717) is 25.7 Å². The normalized spacial score (nSPS) is 52.5. The van der Waals surface area contributed by atoms with Crippen molar-refractivity contribution in [2.75, 3.05) is 13.2 Å². The van der Waals surface area contributed by atoms with Crippen LogP contribution in [0, 0.1) is 45.8 Å². The lowest BCUT2D eigenvalue weighted by Crippen LogP contribution is -2.65. The predicted octanol–water partition coefficient (Wildman–Crippen LogP) is 0.611. The molecule has 25 unspecified atom stereocenters. The third kappa shape index (κ3) is 8.82. The Morgan fingerprint density at radius 3 is 1.92 bits per heavy atom. The topological polar surface area (TPSA) is 278 Å². The zero-order valence-electron chi connectivity index (χ0n) is 38.9. The van der Waals surface area contributed by atoms with Gasteiger partial charge in [0, 0.05) is 0 Å². The largest absolute Gasteiger partial charge is 0.394 e. The standard InChI is InChI=1S/C47H80O17/c1-21(2)10-9-15-47(8,64-43-40(58)37(55)34(52)29(62-43)20-59-41-38(56)35(53)32(50)22(3)60-41)25-14-17-46(7)31(25)27(49)18-26-23-11-12-30(44(4,5)24(23)13-16-45(26,46)6)63-42-39(57)36(54)33(51)28(19-48)61-42/h10,22-43,48-58H,9,11-20H2,1-8H3. The molecule has 7 aliphatic rings. The molecule has 0 amide bonds. The Kier molecular flexibility index (Phi) is 15.2. The summed E-state index contributed by atoms with van der Waals surface area (Å²) >= 11 is 0. The Labute approximate surface area is 377 Å². The summed E-state index contributed by atoms with van der Waals surface area (Å²) in [7, 11) is 0. The molecule has 7 fully saturated rings. The molecule has 3 aliphatic heterocycles. The van der Waals surface area contributed by atoms with Crippen molar-refractivity contribution in [2.24, 2.45) is 45.8 Å². The minimum atomic E-state index is -1.68. The minimum absolute atomic E-state index is 0.148. The predicted molar refractivity (Wildman–Crippen MR) is 228 cm³/mol. The molecule has 0 aromatic heterocycles. The summed E-state index contributed by atoms with van der Waals surface area (Å²) in [6.45, 7) is 15.7. The van der Waals surface area contributed by atoms with Gasteiger partial charge >= 0.3 is 0 Å². The minimum Gasteiger partial charge on any atom is -0.394 e. The van der Waals surface area contributed by atoms with Gasteiger partial charge in [0.1, 0.15) is 67.1 Å². The van der Waals surface area contributed by atoms with Crippen LogP contribution in [-0.2, 0) is 28.4 Å². The highest BCUT2D eigenvalue weighted by molar-refractivity contribution is 5.18. The van der Waals surface area contributed by atoms with Crippen molar-refractivity contribution in [3.05, 3.63) is 11.6 Å². The van der Waals surface area contributed by atoms with E-state index >= 15 is 0 Å². The number of ether oxygens (including phenoxy) is 6. The van der Waals surface area contributed by atoms with E-state index in [1.807, 2.05) is 20.8 Å². The van der Waals surface area contributed by atoms with Crippen LogP contribution in [-0.4, -0.2) is 179 Å². The van der Waals surface area contributed by atoms with Gasteiger partial charge in [0.05, 0.1) is 37.1 Å². The van der Waals surface area contributed by atoms with E-state index in [1.165, 1.54) is 6.92 Å². The monoisotopic (exact) mass is 917 g/mol. The van der Waals surface area contributed by atoms with Gasteiger partial charge in [-0.2, -0.15) is 0 Å². The highest BCUT2D eigenvalue weighted by atomic mass is 16.7. The van der Waals surface area contributed by atoms with Crippen molar-refractivity contribution in [3.8, 4) is 0 Å². The first kappa shape index (κ1) is 50.9. The fraction of sp³-hybridized carbons (Fsp3) is 0.957. The van der Waals surface area contributed by atoms with Crippen molar-refractivity contribution in [3.63, 3.8) is 0 Å². The Balaban J connectivity index is 1.09. The first-order valence-electron chi connectivity index (χ1n) is 23.9. The first-order chi connectivity index (χ1) is 29.9. The van der Waals surface area contributed by atoms with Crippen LogP contribution in [0.1, 0.15) is 113 Å². The maximum Gasteiger partial charge on any atom is 0.187 e. The molecule has 17 nitrogen and oxygen atoms in total. The van der Waals surface area contributed by atoms with Crippen LogP contribution < -0.4 is 0 Å². The van der Waals surface area contributed by atoms with Gasteiger partial charge < -0.3 is 84.6 Å². The highest BCUT2D eigenvalue weighted by Crippen LogP contribution is 2.73. The highest BCUT2D eigenvalue weighted by Gasteiger charge is 2.69. The Morgan fingerprint density at radius 1 is 0.672 bits per heavy atom. The van der Waals surface area contributed by atoms with Gasteiger partial charge in [-0.05, 0) is 131 Å². The molecule has 64 heavy (non-hydrogen) atoms. The van der Waals surface area contributed by atoms with E-state index in [9.17, 15) is 56.2 Å². The summed E-state index contributed by atoms with van der Waals surface area (Å²) in [6.07, 6.45) is -13.2. The van der Waals surface area contributed by atoms with E-state index < -0.39 is 117 Å². The molecule has 0 spiro atoms. The number of allylic oxidation sites excluding steroid dienone is 2. The lowest BCUT2D eigenvalue weighted by Gasteiger charge is -2.67. The number of fused-ring (bicyclic) bond motifs is 5. The van der Waals surface area contributed by atoms with E-state index in [2.05, 4.69) is 33.8 Å². The summed E-state index contributed by atoms with van der Waals surface area (Å²) in [5.41, 5.74) is -0.661. The number of aliphatic hydroxyl groups excluding tert-OH is 11. The second kappa shape index (κ2) is 19.1. The second-order valence-electron chi connectivity index (χ2n) is 22.2. The van der Waals surface area contributed by atoms with Gasteiger partial charge in [0.25, 0.3) is 0 Å². The van der Waals surface area contributed by atoms with Crippen molar-refractivity contribution < 1.29 is 84.6 Å². The Bertz CT molecular complexity index is 1610. The smallest absolute Gasteiger partial charge is 0.187 e. The molecule has 7 rings (SSSR count). The number of rotatable bonds is 12. The average molecular weight is 917 g/mol. The molecule has 0 aromatic carbocycles. The quantitative estimate of drug-likeness (QED) is 0.0946. The summed E-state index contributed by atoms with van der Waals surface area (Å²) < 4.78 is 36.7. The molecule has 3 saturated heterocycles. The van der Waals surface area contributed by atoms with Gasteiger partial charge in [-0.25, -0.2) is 0 Å². The Morgan fingerprint density at radius 2 is 1.27 bits per heavy atom.